The van der Waals surface area contributed by atoms with Gasteiger partial charge in [0.15, 0.2) is 5.57 Å². The molecule has 0 aliphatic heterocycles. The van der Waals surface area contributed by atoms with Gasteiger partial charge in [-0.25, -0.2) is 0 Å². The fourth-order valence-electron chi connectivity index (χ4n) is 3.59. The third kappa shape index (κ3) is 4.61. The van der Waals surface area contributed by atoms with Gasteiger partial charge in [-0.05, 0) is 55.7 Å². The number of aryl methyl sites for hydroxylation is 3. The van der Waals surface area contributed by atoms with Crippen molar-refractivity contribution in [1.29, 1.82) is 5.26 Å². The molecule has 0 aliphatic carbocycles. The maximum atomic E-state index is 13.6. The third-order valence-electron chi connectivity index (χ3n) is 5.50. The lowest BCUT2D eigenvalue weighted by Crippen LogP contribution is -2.32. The molecule has 34 heavy (non-hydrogen) atoms. The molecule has 0 atom stereocenters. The first kappa shape index (κ1) is 23.0. The van der Waals surface area contributed by atoms with Gasteiger partial charge in [-0.1, -0.05) is 66.2 Å². The average molecular weight is 466 g/mol. The number of anilines is 1. The smallest absolute Gasteiger partial charge is 0.273 e. The van der Waals surface area contributed by atoms with Crippen molar-refractivity contribution < 1.29 is 4.79 Å². The Labute approximate surface area is 201 Å². The summed E-state index contributed by atoms with van der Waals surface area (Å²) in [5.74, 6) is -0.553. The lowest BCUT2D eigenvalue weighted by atomic mass is 10.1. The van der Waals surface area contributed by atoms with E-state index in [4.69, 9.17) is 0 Å². The molecule has 0 unspecified atom stereocenters. The maximum Gasteiger partial charge on any atom is 0.273 e. The molecule has 0 fully saturated rings. The first-order chi connectivity index (χ1) is 16.4. The highest BCUT2D eigenvalue weighted by Crippen LogP contribution is 2.15. The summed E-state index contributed by atoms with van der Waals surface area (Å²) in [7, 11) is 0. The van der Waals surface area contributed by atoms with E-state index in [0.717, 1.165) is 33.6 Å². The monoisotopic (exact) mass is 465 g/mol. The summed E-state index contributed by atoms with van der Waals surface area (Å²) in [5.41, 5.74) is 4.60. The number of thiazole rings is 1. The molecule has 0 radical (unpaired) electrons. The van der Waals surface area contributed by atoms with Gasteiger partial charge in [0.2, 0.25) is 0 Å². The largest absolute Gasteiger partial charge is 0.321 e. The molecule has 1 heterocycles. The van der Waals surface area contributed by atoms with Crippen molar-refractivity contribution in [2.75, 3.05) is 5.32 Å². The number of amides is 1. The van der Waals surface area contributed by atoms with Crippen molar-refractivity contribution in [2.24, 2.45) is 0 Å². The Bertz CT molecular complexity index is 1600. The summed E-state index contributed by atoms with van der Waals surface area (Å²) >= 11 is 1.14. The summed E-state index contributed by atoms with van der Waals surface area (Å²) < 4.78 is 2.21. The van der Waals surface area contributed by atoms with Crippen LogP contribution in [-0.2, 0) is 4.79 Å². The van der Waals surface area contributed by atoms with Crippen molar-refractivity contribution in [3.63, 3.8) is 0 Å². The van der Waals surface area contributed by atoms with Gasteiger partial charge in [0.05, 0.1) is 10.2 Å². The van der Waals surface area contributed by atoms with E-state index in [9.17, 15) is 14.9 Å². The van der Waals surface area contributed by atoms with E-state index in [0.29, 0.717) is 20.6 Å². The van der Waals surface area contributed by atoms with E-state index >= 15 is 0 Å². The van der Waals surface area contributed by atoms with E-state index in [1.807, 2.05) is 93.6 Å². The molecule has 1 N–H and O–H groups in total. The molecule has 1 amide bonds. The average Bonchev–Trinajstić information content (AvgIpc) is 3.13. The van der Waals surface area contributed by atoms with Crippen molar-refractivity contribution in [2.45, 2.75) is 20.8 Å². The molecule has 0 bridgehead atoms. The highest BCUT2D eigenvalue weighted by atomic mass is 32.1. The normalized spacial score (nSPS) is 12.2. The van der Waals surface area contributed by atoms with Gasteiger partial charge < -0.3 is 5.32 Å². The Hall–Kier alpha value is -4.21. The van der Waals surface area contributed by atoms with Crippen LogP contribution in [0.15, 0.2) is 77.6 Å². The lowest BCUT2D eigenvalue weighted by molar-refractivity contribution is -0.111. The SMILES string of the molecule is Cc1ccc(C=c2sc(=C(C#N)C(=O)Nc3ccccc3C)n(-c3ccccc3C)c2=O)cc1. The number of hydrogen-bond donors (Lipinski definition) is 1. The number of benzene rings is 3. The van der Waals surface area contributed by atoms with Crippen LogP contribution in [0.3, 0.4) is 0 Å². The van der Waals surface area contributed by atoms with Gasteiger partial charge in [0.25, 0.3) is 11.5 Å². The predicted octanol–water partition coefficient (Wildman–Crippen LogP) is 3.97. The third-order valence-corrected chi connectivity index (χ3v) is 6.59. The van der Waals surface area contributed by atoms with Crippen LogP contribution in [0.1, 0.15) is 22.3 Å². The fourth-order valence-corrected chi connectivity index (χ4v) is 4.69. The standard InChI is InChI=1S/C28H23N3O2S/c1-18-12-14-21(15-13-18)16-25-27(33)31(24-11-7-5-9-20(24)3)28(34-25)22(17-29)26(32)30-23-10-6-4-8-19(23)2/h4-16H,1-3H3,(H,30,32). The summed E-state index contributed by atoms with van der Waals surface area (Å²) in [6.07, 6.45) is 1.79. The van der Waals surface area contributed by atoms with Crippen LogP contribution in [0.4, 0.5) is 5.69 Å². The quantitative estimate of drug-likeness (QED) is 0.496. The molecule has 0 saturated carbocycles. The molecular formula is C28H23N3O2S. The minimum absolute atomic E-state index is 0.114. The molecule has 4 aromatic rings. The summed E-state index contributed by atoms with van der Waals surface area (Å²) in [6.45, 7) is 5.77. The number of carbonyl (C=O) groups excluding carboxylic acids is 1. The fraction of sp³-hybridized carbons (Fsp3) is 0.107. The first-order valence-electron chi connectivity index (χ1n) is 10.8. The van der Waals surface area contributed by atoms with Gasteiger partial charge in [-0.3, -0.25) is 14.2 Å². The molecule has 0 aliphatic rings. The Morgan fingerprint density at radius 3 is 2.24 bits per heavy atom. The Kier molecular flexibility index (Phi) is 6.58. The van der Waals surface area contributed by atoms with E-state index in [1.54, 1.807) is 12.1 Å². The van der Waals surface area contributed by atoms with Crippen LogP contribution in [0.5, 0.6) is 0 Å². The van der Waals surface area contributed by atoms with E-state index in [-0.39, 0.29) is 11.1 Å². The van der Waals surface area contributed by atoms with Gasteiger partial charge in [-0.15, -0.1) is 11.3 Å². The molecule has 3 aromatic carbocycles. The second kappa shape index (κ2) is 9.74. The number of hydrogen-bond acceptors (Lipinski definition) is 4. The number of nitrogens with zero attached hydrogens (tertiary/aromatic N) is 2. The molecule has 0 spiro atoms. The minimum Gasteiger partial charge on any atom is -0.321 e. The minimum atomic E-state index is -0.553. The summed E-state index contributed by atoms with van der Waals surface area (Å²) in [4.78, 5) is 26.7. The number of carbonyl (C=O) groups is 1. The van der Waals surface area contributed by atoms with Crippen LogP contribution in [0, 0.1) is 32.1 Å². The molecule has 6 heteroatoms. The molecule has 0 saturated heterocycles. The topological polar surface area (TPSA) is 74.9 Å². The number of nitriles is 1. The Balaban J connectivity index is 1.99. The maximum absolute atomic E-state index is 13.6. The van der Waals surface area contributed by atoms with Crippen LogP contribution >= 0.6 is 11.3 Å². The summed E-state index contributed by atoms with van der Waals surface area (Å²) in [6, 6.07) is 24.6. The van der Waals surface area contributed by atoms with Crippen molar-refractivity contribution in [3.8, 4) is 11.8 Å². The molecule has 5 nitrogen and oxygen atoms in total. The Morgan fingerprint density at radius 2 is 1.59 bits per heavy atom. The lowest BCUT2D eigenvalue weighted by Gasteiger charge is -2.09. The second-order valence-electron chi connectivity index (χ2n) is 8.01. The van der Waals surface area contributed by atoms with Gasteiger partial charge in [0.1, 0.15) is 10.7 Å². The number of nitrogens with one attached hydrogen (secondary N) is 1. The van der Waals surface area contributed by atoms with Crippen molar-refractivity contribution in [3.05, 3.63) is 115 Å². The van der Waals surface area contributed by atoms with Crippen LogP contribution < -0.4 is 20.1 Å². The number of rotatable bonds is 4. The molecule has 4 rings (SSSR count). The van der Waals surface area contributed by atoms with Crippen molar-refractivity contribution >= 4 is 34.6 Å². The second-order valence-corrected chi connectivity index (χ2v) is 9.04. The van der Waals surface area contributed by atoms with E-state index < -0.39 is 5.91 Å². The zero-order valence-corrected chi connectivity index (χ0v) is 19.9. The van der Waals surface area contributed by atoms with Gasteiger partial charge >= 0.3 is 0 Å². The Morgan fingerprint density at radius 1 is 0.941 bits per heavy atom. The summed E-state index contributed by atoms with van der Waals surface area (Å²) in [5, 5.41) is 12.8. The zero-order valence-electron chi connectivity index (χ0n) is 19.1. The van der Waals surface area contributed by atoms with Gasteiger partial charge in [-0.2, -0.15) is 5.26 Å². The first-order valence-corrected chi connectivity index (χ1v) is 11.6. The van der Waals surface area contributed by atoms with E-state index in [2.05, 4.69) is 5.32 Å². The van der Waals surface area contributed by atoms with Crippen LogP contribution in [0.2, 0.25) is 0 Å². The molecule has 168 valence electrons. The number of aromatic nitrogens is 1. The van der Waals surface area contributed by atoms with E-state index in [1.165, 1.54) is 4.57 Å². The predicted molar refractivity (Wildman–Crippen MR) is 137 cm³/mol. The van der Waals surface area contributed by atoms with Gasteiger partial charge in [0, 0.05) is 5.69 Å². The highest BCUT2D eigenvalue weighted by Gasteiger charge is 2.18. The van der Waals surface area contributed by atoms with Crippen LogP contribution in [-0.4, -0.2) is 10.5 Å². The molecule has 1 aromatic heterocycles. The van der Waals surface area contributed by atoms with Crippen LogP contribution in [0.25, 0.3) is 17.3 Å². The zero-order chi connectivity index (χ0) is 24.2. The highest BCUT2D eigenvalue weighted by molar-refractivity contribution is 7.07. The van der Waals surface area contributed by atoms with Crippen molar-refractivity contribution in [1.82, 2.24) is 4.57 Å². The number of para-hydroxylation sites is 2. The molecular weight excluding hydrogens is 442 g/mol.